The number of rotatable bonds is 1. The van der Waals surface area contributed by atoms with Gasteiger partial charge in [-0.1, -0.05) is 12.1 Å². The van der Waals surface area contributed by atoms with E-state index in [2.05, 4.69) is 5.32 Å². The Labute approximate surface area is 106 Å². The molecular formula is C13H10F3NO2. The van der Waals surface area contributed by atoms with Gasteiger partial charge in [0.25, 0.3) is 0 Å². The third-order valence-corrected chi connectivity index (χ3v) is 4.26. The zero-order valence-corrected chi connectivity index (χ0v) is 9.97. The smallest absolute Gasteiger partial charge is 0.295 e. The molecule has 0 radical (unpaired) electrons. The van der Waals surface area contributed by atoms with Crippen LogP contribution in [-0.4, -0.2) is 11.8 Å². The lowest BCUT2D eigenvalue weighted by Gasteiger charge is -2.13. The molecule has 2 fully saturated rings. The van der Waals surface area contributed by atoms with E-state index in [0.717, 1.165) is 12.1 Å². The molecule has 0 spiro atoms. The molecular weight excluding hydrogens is 259 g/mol. The minimum absolute atomic E-state index is 0.350. The lowest BCUT2D eigenvalue weighted by molar-refractivity contribution is -0.137. The third kappa shape index (κ3) is 1.34. The molecule has 2 atom stereocenters. The van der Waals surface area contributed by atoms with Gasteiger partial charge in [-0.3, -0.25) is 14.9 Å². The molecule has 2 aliphatic rings. The lowest BCUT2D eigenvalue weighted by atomic mass is 9.88. The third-order valence-electron chi connectivity index (χ3n) is 4.26. The Hall–Kier alpha value is -1.85. The van der Waals surface area contributed by atoms with Gasteiger partial charge in [-0.25, -0.2) is 0 Å². The second-order valence-corrected chi connectivity index (χ2v) is 5.27. The van der Waals surface area contributed by atoms with Crippen LogP contribution in [0.15, 0.2) is 24.3 Å². The molecule has 3 nitrogen and oxygen atoms in total. The van der Waals surface area contributed by atoms with Crippen molar-refractivity contribution in [2.75, 3.05) is 0 Å². The molecule has 1 saturated carbocycles. The molecule has 0 bridgehead atoms. The fourth-order valence-corrected chi connectivity index (χ4v) is 2.93. The molecule has 1 aliphatic heterocycles. The minimum atomic E-state index is -4.41. The number of halogens is 3. The maximum atomic E-state index is 12.5. The number of amides is 2. The van der Waals surface area contributed by atoms with Crippen molar-refractivity contribution < 1.29 is 22.8 Å². The van der Waals surface area contributed by atoms with Gasteiger partial charge in [-0.05, 0) is 31.0 Å². The van der Waals surface area contributed by atoms with Gasteiger partial charge >= 0.3 is 6.18 Å². The molecule has 1 aromatic carbocycles. The van der Waals surface area contributed by atoms with Gasteiger partial charge in [0, 0.05) is 0 Å². The number of nitrogens with one attached hydrogen (secondary N) is 1. The average Bonchev–Trinajstić information content (AvgIpc) is 2.92. The van der Waals surface area contributed by atoms with Gasteiger partial charge in [0.2, 0.25) is 11.8 Å². The number of carbonyl (C=O) groups excluding carboxylic acids is 2. The van der Waals surface area contributed by atoms with E-state index in [1.807, 2.05) is 0 Å². The summed E-state index contributed by atoms with van der Waals surface area (Å²) in [6, 6.07) is 4.45. The first kappa shape index (κ1) is 12.2. The van der Waals surface area contributed by atoms with Crippen LogP contribution in [0.4, 0.5) is 13.2 Å². The van der Waals surface area contributed by atoms with E-state index in [9.17, 15) is 22.8 Å². The molecule has 0 unspecified atom stereocenters. The van der Waals surface area contributed by atoms with Crippen LogP contribution in [0, 0.1) is 5.41 Å². The predicted molar refractivity (Wildman–Crippen MR) is 59.0 cm³/mol. The summed E-state index contributed by atoms with van der Waals surface area (Å²) < 4.78 is 37.5. The van der Waals surface area contributed by atoms with Crippen LogP contribution in [0.5, 0.6) is 0 Å². The molecule has 1 aromatic rings. The van der Waals surface area contributed by atoms with Crippen molar-refractivity contribution in [1.82, 2.24) is 5.32 Å². The summed E-state index contributed by atoms with van der Waals surface area (Å²) in [5, 5.41) is 2.24. The number of piperidine rings is 1. The van der Waals surface area contributed by atoms with E-state index in [1.165, 1.54) is 12.1 Å². The highest BCUT2D eigenvalue weighted by Crippen LogP contribution is 2.67. The highest BCUT2D eigenvalue weighted by Gasteiger charge is 2.78. The van der Waals surface area contributed by atoms with Gasteiger partial charge in [-0.2, -0.15) is 13.2 Å². The van der Waals surface area contributed by atoms with Crippen LogP contribution in [0.25, 0.3) is 0 Å². The zero-order valence-electron chi connectivity index (χ0n) is 9.97. The quantitative estimate of drug-likeness (QED) is 0.793. The summed E-state index contributed by atoms with van der Waals surface area (Å²) in [5.74, 6) is -0.767. The van der Waals surface area contributed by atoms with Gasteiger partial charge in [0.15, 0.2) is 0 Å². The molecule has 6 heteroatoms. The molecule has 2 amide bonds. The number of fused-ring (bicyclic) bond motifs is 1. The number of alkyl halides is 3. The SMILES string of the molecule is C[C@]12C[C@@]1(c1ccc(C(F)(F)F)cc1)C(=O)NC2=O. The fraction of sp³-hybridized carbons (Fsp3) is 0.385. The molecule has 100 valence electrons. The molecule has 1 aliphatic carbocycles. The van der Waals surface area contributed by atoms with Gasteiger partial charge < -0.3 is 0 Å². The van der Waals surface area contributed by atoms with Gasteiger partial charge in [-0.15, -0.1) is 0 Å². The summed E-state index contributed by atoms with van der Waals surface area (Å²) in [7, 11) is 0. The highest BCUT2D eigenvalue weighted by molar-refractivity contribution is 6.17. The molecule has 1 N–H and O–H groups in total. The van der Waals surface area contributed by atoms with Crippen LogP contribution in [0.1, 0.15) is 24.5 Å². The Morgan fingerprint density at radius 2 is 1.68 bits per heavy atom. The fourth-order valence-electron chi connectivity index (χ4n) is 2.93. The second kappa shape index (κ2) is 3.18. The second-order valence-electron chi connectivity index (χ2n) is 5.27. The van der Waals surface area contributed by atoms with Crippen molar-refractivity contribution in [2.24, 2.45) is 5.41 Å². The summed E-state index contributed by atoms with van der Waals surface area (Å²) in [4.78, 5) is 23.5. The Kier molecular flexibility index (Phi) is 2.04. The number of carbonyl (C=O) groups is 2. The highest BCUT2D eigenvalue weighted by atomic mass is 19.4. The molecule has 0 aromatic heterocycles. The van der Waals surface area contributed by atoms with Crippen molar-refractivity contribution in [3.05, 3.63) is 35.4 Å². The maximum absolute atomic E-state index is 12.5. The predicted octanol–water partition coefficient (Wildman–Crippen LogP) is 2.01. The number of hydrogen-bond acceptors (Lipinski definition) is 2. The van der Waals surface area contributed by atoms with E-state index in [4.69, 9.17) is 0 Å². The summed E-state index contributed by atoms with van der Waals surface area (Å²) in [6.07, 6.45) is -4.05. The maximum Gasteiger partial charge on any atom is 0.416 e. The van der Waals surface area contributed by atoms with Crippen LogP contribution in [-0.2, 0) is 21.2 Å². The first-order chi connectivity index (χ1) is 8.72. The van der Waals surface area contributed by atoms with Gasteiger partial charge in [0.1, 0.15) is 0 Å². The Bertz CT molecular complexity index is 593. The van der Waals surface area contributed by atoms with Crippen LogP contribution in [0.2, 0.25) is 0 Å². The normalized spacial score (nSPS) is 33.1. The summed E-state index contributed by atoms with van der Waals surface area (Å²) in [5.41, 5.74) is -2.09. The Morgan fingerprint density at radius 1 is 1.11 bits per heavy atom. The topological polar surface area (TPSA) is 46.2 Å². The standard InChI is InChI=1S/C13H10F3NO2/c1-11-6-12(11,10(19)17-9(11)18)7-2-4-8(5-3-7)13(14,15)16/h2-5H,6H2,1H3,(H,17,18,19)/t11-,12-/m1/s1. The van der Waals surface area contributed by atoms with E-state index >= 15 is 0 Å². The Morgan fingerprint density at radius 3 is 2.05 bits per heavy atom. The lowest BCUT2D eigenvalue weighted by Crippen LogP contribution is -2.30. The van der Waals surface area contributed by atoms with Gasteiger partial charge in [0.05, 0.1) is 16.4 Å². The van der Waals surface area contributed by atoms with E-state index in [-0.39, 0.29) is 5.91 Å². The molecule has 1 saturated heterocycles. The van der Waals surface area contributed by atoms with Crippen molar-refractivity contribution in [1.29, 1.82) is 0 Å². The molecule has 1 heterocycles. The van der Waals surface area contributed by atoms with Crippen molar-refractivity contribution in [2.45, 2.75) is 24.9 Å². The molecule has 3 rings (SSSR count). The van der Waals surface area contributed by atoms with Crippen molar-refractivity contribution in [3.63, 3.8) is 0 Å². The first-order valence-corrected chi connectivity index (χ1v) is 5.75. The first-order valence-electron chi connectivity index (χ1n) is 5.75. The van der Waals surface area contributed by atoms with Crippen LogP contribution < -0.4 is 5.32 Å². The summed E-state index contributed by atoms with van der Waals surface area (Å²) >= 11 is 0. The Balaban J connectivity index is 2.01. The number of benzene rings is 1. The van der Waals surface area contributed by atoms with E-state index in [1.54, 1.807) is 6.92 Å². The van der Waals surface area contributed by atoms with E-state index in [0.29, 0.717) is 12.0 Å². The monoisotopic (exact) mass is 269 g/mol. The zero-order chi connectivity index (χ0) is 14.1. The van der Waals surface area contributed by atoms with Crippen molar-refractivity contribution in [3.8, 4) is 0 Å². The van der Waals surface area contributed by atoms with Crippen molar-refractivity contribution >= 4 is 11.8 Å². The number of imide groups is 1. The largest absolute Gasteiger partial charge is 0.416 e. The van der Waals surface area contributed by atoms with Crippen LogP contribution >= 0.6 is 0 Å². The minimum Gasteiger partial charge on any atom is -0.295 e. The molecule has 19 heavy (non-hydrogen) atoms. The average molecular weight is 269 g/mol. The number of hydrogen-bond donors (Lipinski definition) is 1. The summed E-state index contributed by atoms with van der Waals surface area (Å²) in [6.45, 7) is 1.66. The van der Waals surface area contributed by atoms with E-state index < -0.39 is 28.5 Å². The van der Waals surface area contributed by atoms with Crippen LogP contribution in [0.3, 0.4) is 0 Å².